The second kappa shape index (κ2) is 6.70. The molecule has 20 heavy (non-hydrogen) atoms. The summed E-state index contributed by atoms with van der Waals surface area (Å²) < 4.78 is 5.73. The van der Waals surface area contributed by atoms with E-state index >= 15 is 0 Å². The van der Waals surface area contributed by atoms with Gasteiger partial charge < -0.3 is 10.1 Å². The Morgan fingerprint density at radius 1 is 1.50 bits per heavy atom. The number of aryl methyl sites for hydroxylation is 1. The van der Waals surface area contributed by atoms with Crippen molar-refractivity contribution in [1.82, 2.24) is 0 Å². The van der Waals surface area contributed by atoms with E-state index < -0.39 is 0 Å². The first-order valence-electron chi connectivity index (χ1n) is 7.23. The fraction of sp³-hybridized carbons (Fsp3) is 0.600. The van der Waals surface area contributed by atoms with Crippen LogP contribution in [0.2, 0.25) is 0 Å². The highest BCUT2D eigenvalue weighted by atomic mass is 16.6. The van der Waals surface area contributed by atoms with E-state index in [1.54, 1.807) is 19.1 Å². The summed E-state index contributed by atoms with van der Waals surface area (Å²) in [5, 5.41) is 14.3. The second-order valence-corrected chi connectivity index (χ2v) is 5.41. The smallest absolute Gasteiger partial charge is 0.272 e. The van der Waals surface area contributed by atoms with Gasteiger partial charge in [-0.3, -0.25) is 10.1 Å². The summed E-state index contributed by atoms with van der Waals surface area (Å²) >= 11 is 0. The summed E-state index contributed by atoms with van der Waals surface area (Å²) in [7, 11) is 0. The minimum absolute atomic E-state index is 0.173. The third-order valence-electron chi connectivity index (χ3n) is 3.74. The molecule has 5 nitrogen and oxygen atoms in total. The van der Waals surface area contributed by atoms with Gasteiger partial charge in [-0.1, -0.05) is 13.3 Å². The van der Waals surface area contributed by atoms with E-state index in [9.17, 15) is 10.1 Å². The minimum atomic E-state index is -0.342. The lowest BCUT2D eigenvalue weighted by Gasteiger charge is -2.30. The zero-order valence-electron chi connectivity index (χ0n) is 12.1. The normalized spacial score (nSPS) is 22.5. The maximum absolute atomic E-state index is 10.8. The fourth-order valence-corrected chi connectivity index (χ4v) is 2.72. The van der Waals surface area contributed by atoms with E-state index in [-0.39, 0.29) is 10.6 Å². The fourth-order valence-electron chi connectivity index (χ4n) is 2.72. The van der Waals surface area contributed by atoms with Crippen LogP contribution >= 0.6 is 0 Å². The number of nitrogens with zero attached hydrogens (tertiary/aromatic N) is 1. The van der Waals surface area contributed by atoms with Crippen LogP contribution in [-0.2, 0) is 4.74 Å². The van der Waals surface area contributed by atoms with Gasteiger partial charge in [0.1, 0.15) is 0 Å². The molecule has 1 heterocycles. The first-order valence-corrected chi connectivity index (χ1v) is 7.23. The number of hydrogen-bond donors (Lipinski definition) is 1. The van der Waals surface area contributed by atoms with Crippen molar-refractivity contribution in [1.29, 1.82) is 0 Å². The van der Waals surface area contributed by atoms with Gasteiger partial charge in [0.05, 0.1) is 11.0 Å². The Kier molecular flexibility index (Phi) is 4.95. The molecule has 0 amide bonds. The summed E-state index contributed by atoms with van der Waals surface area (Å²) in [6.07, 6.45) is 4.55. The highest BCUT2D eigenvalue weighted by molar-refractivity contribution is 5.54. The molecule has 5 heteroatoms. The molecular formula is C15H22N2O3. The Labute approximate surface area is 119 Å². The first kappa shape index (κ1) is 14.8. The van der Waals surface area contributed by atoms with Crippen LogP contribution in [-0.4, -0.2) is 23.7 Å². The van der Waals surface area contributed by atoms with E-state index in [4.69, 9.17) is 4.74 Å². The molecule has 1 aromatic carbocycles. The predicted octanol–water partition coefficient (Wildman–Crippen LogP) is 3.66. The number of nitrogens with one attached hydrogen (secondary N) is 1. The van der Waals surface area contributed by atoms with Crippen molar-refractivity contribution in [2.75, 3.05) is 11.9 Å². The highest BCUT2D eigenvalue weighted by Gasteiger charge is 2.22. The molecular weight excluding hydrogens is 256 g/mol. The van der Waals surface area contributed by atoms with Crippen molar-refractivity contribution >= 4 is 11.4 Å². The number of hydrogen-bond acceptors (Lipinski definition) is 4. The Morgan fingerprint density at radius 2 is 2.30 bits per heavy atom. The summed E-state index contributed by atoms with van der Waals surface area (Å²) in [6, 6.07) is 5.60. The molecule has 1 N–H and O–H groups in total. The van der Waals surface area contributed by atoms with Gasteiger partial charge in [-0.05, 0) is 38.3 Å². The van der Waals surface area contributed by atoms with Crippen LogP contribution in [0.4, 0.5) is 11.4 Å². The van der Waals surface area contributed by atoms with Gasteiger partial charge in [0.25, 0.3) is 5.69 Å². The van der Waals surface area contributed by atoms with Crippen molar-refractivity contribution in [2.45, 2.75) is 51.7 Å². The molecule has 2 rings (SSSR count). The lowest BCUT2D eigenvalue weighted by molar-refractivity contribution is -0.385. The van der Waals surface area contributed by atoms with E-state index in [2.05, 4.69) is 12.2 Å². The number of nitro groups is 1. The topological polar surface area (TPSA) is 64.4 Å². The van der Waals surface area contributed by atoms with Crippen molar-refractivity contribution in [3.05, 3.63) is 33.9 Å². The van der Waals surface area contributed by atoms with Crippen LogP contribution in [0.25, 0.3) is 0 Å². The molecule has 1 saturated heterocycles. The van der Waals surface area contributed by atoms with Crippen LogP contribution in [0.3, 0.4) is 0 Å². The average molecular weight is 278 g/mol. The van der Waals surface area contributed by atoms with Gasteiger partial charge in [-0.2, -0.15) is 0 Å². The lowest BCUT2D eigenvalue weighted by Crippen LogP contribution is -2.34. The molecule has 1 aromatic rings. The predicted molar refractivity (Wildman–Crippen MR) is 79.1 cm³/mol. The molecule has 1 aliphatic heterocycles. The van der Waals surface area contributed by atoms with Crippen molar-refractivity contribution in [3.8, 4) is 0 Å². The summed E-state index contributed by atoms with van der Waals surface area (Å²) in [5.41, 5.74) is 1.82. The van der Waals surface area contributed by atoms with E-state index in [1.165, 1.54) is 0 Å². The van der Waals surface area contributed by atoms with Crippen LogP contribution < -0.4 is 5.32 Å². The summed E-state index contributed by atoms with van der Waals surface area (Å²) in [4.78, 5) is 10.5. The third kappa shape index (κ3) is 3.70. The molecule has 1 fully saturated rings. The van der Waals surface area contributed by atoms with E-state index in [1.807, 2.05) is 6.07 Å². The Morgan fingerprint density at radius 3 is 2.95 bits per heavy atom. The van der Waals surface area contributed by atoms with Crippen molar-refractivity contribution < 1.29 is 9.66 Å². The molecule has 110 valence electrons. The zero-order chi connectivity index (χ0) is 14.5. The summed E-state index contributed by atoms with van der Waals surface area (Å²) in [6.45, 7) is 4.72. The number of benzene rings is 1. The lowest BCUT2D eigenvalue weighted by atomic mass is 9.99. The van der Waals surface area contributed by atoms with Crippen molar-refractivity contribution in [2.24, 2.45) is 0 Å². The van der Waals surface area contributed by atoms with Gasteiger partial charge in [-0.15, -0.1) is 0 Å². The number of rotatable bonds is 5. The quantitative estimate of drug-likeness (QED) is 0.659. The van der Waals surface area contributed by atoms with E-state index in [0.717, 1.165) is 38.0 Å². The van der Waals surface area contributed by atoms with Crippen molar-refractivity contribution in [3.63, 3.8) is 0 Å². The monoisotopic (exact) mass is 278 g/mol. The maximum atomic E-state index is 10.8. The van der Waals surface area contributed by atoms with Gasteiger partial charge in [0, 0.05) is 30.0 Å². The standard InChI is InChI=1S/C15H22N2O3/c1-3-4-14-10-13(7-8-20-14)16-12-5-6-15(17(18)19)11(2)9-12/h5-6,9,13-14,16H,3-4,7-8,10H2,1-2H3. The Hall–Kier alpha value is -1.62. The minimum Gasteiger partial charge on any atom is -0.382 e. The van der Waals surface area contributed by atoms with Crippen LogP contribution in [0.15, 0.2) is 18.2 Å². The number of ether oxygens (including phenoxy) is 1. The molecule has 0 bridgehead atoms. The SMILES string of the molecule is CCCC1CC(Nc2ccc([N+](=O)[O-])c(C)c2)CCO1. The summed E-state index contributed by atoms with van der Waals surface area (Å²) in [5.74, 6) is 0. The zero-order valence-corrected chi connectivity index (χ0v) is 12.1. The average Bonchev–Trinajstić information content (AvgIpc) is 2.39. The van der Waals surface area contributed by atoms with E-state index in [0.29, 0.717) is 17.7 Å². The van der Waals surface area contributed by atoms with Crippen LogP contribution in [0, 0.1) is 17.0 Å². The third-order valence-corrected chi connectivity index (χ3v) is 3.74. The Bertz CT molecular complexity index is 474. The molecule has 2 atom stereocenters. The Balaban J connectivity index is 1.99. The number of nitro benzene ring substituents is 1. The highest BCUT2D eigenvalue weighted by Crippen LogP contribution is 2.25. The van der Waals surface area contributed by atoms with Crippen LogP contribution in [0.1, 0.15) is 38.2 Å². The van der Waals surface area contributed by atoms with Gasteiger partial charge in [-0.25, -0.2) is 0 Å². The van der Waals surface area contributed by atoms with Gasteiger partial charge in [0.2, 0.25) is 0 Å². The molecule has 0 spiro atoms. The van der Waals surface area contributed by atoms with Gasteiger partial charge in [0.15, 0.2) is 0 Å². The molecule has 1 aliphatic rings. The number of anilines is 1. The first-order chi connectivity index (χ1) is 9.60. The molecule has 2 unspecified atom stereocenters. The van der Waals surface area contributed by atoms with Gasteiger partial charge >= 0.3 is 0 Å². The van der Waals surface area contributed by atoms with Crippen LogP contribution in [0.5, 0.6) is 0 Å². The molecule has 0 aromatic heterocycles. The molecule has 0 radical (unpaired) electrons. The second-order valence-electron chi connectivity index (χ2n) is 5.41. The molecule has 0 saturated carbocycles. The molecule has 0 aliphatic carbocycles. The maximum Gasteiger partial charge on any atom is 0.272 e. The largest absolute Gasteiger partial charge is 0.382 e.